The van der Waals surface area contributed by atoms with Crippen molar-refractivity contribution < 1.29 is 0 Å². The van der Waals surface area contributed by atoms with Crippen LogP contribution in [-0.2, 0) is 0 Å². The zero-order chi connectivity index (χ0) is 7.56. The summed E-state index contributed by atoms with van der Waals surface area (Å²) < 4.78 is 0. The van der Waals surface area contributed by atoms with E-state index in [1.165, 1.54) is 6.08 Å². The summed E-state index contributed by atoms with van der Waals surface area (Å²) in [5, 5.41) is 1.16. The summed E-state index contributed by atoms with van der Waals surface area (Å²) in [4.78, 5) is 0. The number of benzene rings is 1. The highest BCUT2D eigenvalue weighted by Gasteiger charge is 1.98. The molecule has 0 saturated carbocycles. The standard InChI is InChI=1S/C8H5Cl2/c1-2-6-7(9)4-3-5-8(6)10/h1-5H. The van der Waals surface area contributed by atoms with Gasteiger partial charge >= 0.3 is 0 Å². The molecule has 10 heavy (non-hydrogen) atoms. The molecular formula is C8H5Cl2. The van der Waals surface area contributed by atoms with Crippen LogP contribution < -0.4 is 0 Å². The average Bonchev–Trinajstić information content (AvgIpc) is 1.88. The third-order valence-corrected chi connectivity index (χ3v) is 1.83. The van der Waals surface area contributed by atoms with E-state index in [4.69, 9.17) is 29.8 Å². The minimum Gasteiger partial charge on any atom is -0.0836 e. The topological polar surface area (TPSA) is 0 Å². The predicted molar refractivity (Wildman–Crippen MR) is 45.2 cm³/mol. The zero-order valence-corrected chi connectivity index (χ0v) is 6.65. The Bertz CT molecular complexity index is 233. The van der Waals surface area contributed by atoms with Gasteiger partial charge in [0.25, 0.3) is 0 Å². The molecule has 0 nitrogen and oxygen atoms in total. The van der Waals surface area contributed by atoms with Crippen molar-refractivity contribution in [2.45, 2.75) is 0 Å². The van der Waals surface area contributed by atoms with Gasteiger partial charge in [-0.25, -0.2) is 0 Å². The van der Waals surface area contributed by atoms with Gasteiger partial charge in [0.15, 0.2) is 0 Å². The molecule has 0 aliphatic heterocycles. The number of hydrogen-bond acceptors (Lipinski definition) is 0. The number of halogens is 2. The smallest absolute Gasteiger partial charge is 0.0493 e. The van der Waals surface area contributed by atoms with Gasteiger partial charge in [0.1, 0.15) is 0 Å². The molecule has 0 heterocycles. The Balaban J connectivity index is 3.30. The third-order valence-electron chi connectivity index (χ3n) is 1.17. The van der Waals surface area contributed by atoms with Gasteiger partial charge < -0.3 is 0 Å². The van der Waals surface area contributed by atoms with Gasteiger partial charge in [-0.05, 0) is 12.1 Å². The summed E-state index contributed by atoms with van der Waals surface area (Å²) in [6.07, 6.45) is 1.39. The summed E-state index contributed by atoms with van der Waals surface area (Å²) >= 11 is 11.5. The molecule has 0 aromatic heterocycles. The zero-order valence-electron chi connectivity index (χ0n) is 5.14. The van der Waals surface area contributed by atoms with Gasteiger partial charge in [-0.2, -0.15) is 0 Å². The molecular weight excluding hydrogens is 167 g/mol. The van der Waals surface area contributed by atoms with Crippen LogP contribution in [0.25, 0.3) is 6.08 Å². The first-order chi connectivity index (χ1) is 4.75. The summed E-state index contributed by atoms with van der Waals surface area (Å²) in [7, 11) is 0. The van der Waals surface area contributed by atoms with Crippen molar-refractivity contribution >= 4 is 29.3 Å². The molecule has 0 bridgehead atoms. The lowest BCUT2D eigenvalue weighted by Crippen LogP contribution is -1.74. The fourth-order valence-corrected chi connectivity index (χ4v) is 1.19. The van der Waals surface area contributed by atoms with Gasteiger partial charge in [-0.15, -0.1) is 0 Å². The molecule has 0 aliphatic rings. The van der Waals surface area contributed by atoms with E-state index in [0.29, 0.717) is 15.6 Å². The highest BCUT2D eigenvalue weighted by atomic mass is 35.5. The number of hydrogen-bond donors (Lipinski definition) is 0. The molecule has 0 amide bonds. The maximum Gasteiger partial charge on any atom is 0.0493 e. The second-order valence-corrected chi connectivity index (χ2v) is 2.62. The maximum absolute atomic E-state index is 5.73. The summed E-state index contributed by atoms with van der Waals surface area (Å²) in [5.74, 6) is 0. The molecule has 1 aromatic rings. The fraction of sp³-hybridized carbons (Fsp3) is 0. The van der Waals surface area contributed by atoms with Crippen LogP contribution in [0.4, 0.5) is 0 Å². The Labute approximate surface area is 70.1 Å². The van der Waals surface area contributed by atoms with Crippen molar-refractivity contribution in [3.8, 4) is 0 Å². The molecule has 0 saturated heterocycles. The molecule has 0 N–H and O–H groups in total. The SMILES string of the molecule is [CH]=Cc1c(Cl)cccc1Cl. The first-order valence-corrected chi connectivity index (χ1v) is 3.50. The lowest BCUT2D eigenvalue weighted by atomic mass is 10.2. The van der Waals surface area contributed by atoms with Crippen LogP contribution in [0.5, 0.6) is 0 Å². The average molecular weight is 172 g/mol. The van der Waals surface area contributed by atoms with Crippen LogP contribution in [0, 0.1) is 6.58 Å². The molecule has 51 valence electrons. The van der Waals surface area contributed by atoms with E-state index < -0.39 is 0 Å². The Morgan fingerprint density at radius 3 is 2.00 bits per heavy atom. The Kier molecular flexibility index (Phi) is 2.36. The van der Waals surface area contributed by atoms with Crippen LogP contribution in [0.15, 0.2) is 18.2 Å². The summed E-state index contributed by atoms with van der Waals surface area (Å²) in [5.41, 5.74) is 0.686. The normalized spacial score (nSPS) is 9.40. The summed E-state index contributed by atoms with van der Waals surface area (Å²) in [6, 6.07) is 5.26. The van der Waals surface area contributed by atoms with Gasteiger partial charge in [0, 0.05) is 15.6 Å². The molecule has 0 aliphatic carbocycles. The molecule has 0 spiro atoms. The van der Waals surface area contributed by atoms with Crippen molar-refractivity contribution in [1.29, 1.82) is 0 Å². The second-order valence-electron chi connectivity index (χ2n) is 1.80. The molecule has 1 rings (SSSR count). The van der Waals surface area contributed by atoms with Crippen LogP contribution in [0.3, 0.4) is 0 Å². The van der Waals surface area contributed by atoms with E-state index >= 15 is 0 Å². The van der Waals surface area contributed by atoms with Crippen LogP contribution >= 0.6 is 23.2 Å². The van der Waals surface area contributed by atoms with Gasteiger partial charge in [-0.1, -0.05) is 41.9 Å². The lowest BCUT2D eigenvalue weighted by Gasteiger charge is -1.98. The fourth-order valence-electron chi connectivity index (χ4n) is 0.670. The van der Waals surface area contributed by atoms with Crippen molar-refractivity contribution in [1.82, 2.24) is 0 Å². The second kappa shape index (κ2) is 3.09. The van der Waals surface area contributed by atoms with Gasteiger partial charge in [-0.3, -0.25) is 0 Å². The highest BCUT2D eigenvalue weighted by molar-refractivity contribution is 6.37. The predicted octanol–water partition coefficient (Wildman–Crippen LogP) is 3.44. The van der Waals surface area contributed by atoms with E-state index in [0.717, 1.165) is 0 Å². The molecule has 2 heteroatoms. The first-order valence-electron chi connectivity index (χ1n) is 2.74. The van der Waals surface area contributed by atoms with Crippen LogP contribution in [0.2, 0.25) is 10.0 Å². The van der Waals surface area contributed by atoms with Gasteiger partial charge in [0.05, 0.1) is 0 Å². The van der Waals surface area contributed by atoms with Crippen molar-refractivity contribution in [3.05, 3.63) is 40.4 Å². The molecule has 0 atom stereocenters. The largest absolute Gasteiger partial charge is 0.0836 e. The van der Waals surface area contributed by atoms with E-state index in [1.54, 1.807) is 18.2 Å². The van der Waals surface area contributed by atoms with E-state index in [1.807, 2.05) is 0 Å². The van der Waals surface area contributed by atoms with Crippen molar-refractivity contribution in [2.75, 3.05) is 0 Å². The molecule has 1 aromatic carbocycles. The Hall–Kier alpha value is -0.460. The van der Waals surface area contributed by atoms with Gasteiger partial charge in [0.2, 0.25) is 0 Å². The first kappa shape index (κ1) is 7.64. The van der Waals surface area contributed by atoms with Crippen molar-refractivity contribution in [3.63, 3.8) is 0 Å². The number of rotatable bonds is 1. The van der Waals surface area contributed by atoms with E-state index in [2.05, 4.69) is 0 Å². The maximum atomic E-state index is 5.73. The summed E-state index contributed by atoms with van der Waals surface area (Å²) in [6.45, 7) is 5.26. The Morgan fingerprint density at radius 2 is 1.70 bits per heavy atom. The minimum absolute atomic E-state index is 0.579. The molecule has 1 radical (unpaired) electrons. The van der Waals surface area contributed by atoms with Crippen molar-refractivity contribution in [2.24, 2.45) is 0 Å². The quantitative estimate of drug-likeness (QED) is 0.608. The third kappa shape index (κ3) is 1.34. The van der Waals surface area contributed by atoms with E-state index in [9.17, 15) is 0 Å². The van der Waals surface area contributed by atoms with Crippen LogP contribution in [0.1, 0.15) is 5.56 Å². The van der Waals surface area contributed by atoms with E-state index in [-0.39, 0.29) is 0 Å². The molecule has 0 unspecified atom stereocenters. The van der Waals surface area contributed by atoms with Crippen LogP contribution in [-0.4, -0.2) is 0 Å². The highest BCUT2D eigenvalue weighted by Crippen LogP contribution is 2.24. The monoisotopic (exact) mass is 171 g/mol. The Morgan fingerprint density at radius 1 is 1.20 bits per heavy atom. The lowest BCUT2D eigenvalue weighted by molar-refractivity contribution is 1.66. The minimum atomic E-state index is 0.579. The molecule has 0 fully saturated rings.